The highest BCUT2D eigenvalue weighted by Gasteiger charge is 2.55. The van der Waals surface area contributed by atoms with Crippen LogP contribution in [-0.2, 0) is 29.6 Å². The molecule has 0 unspecified atom stereocenters. The zero-order valence-electron chi connectivity index (χ0n) is 36.0. The molecule has 0 N–H and O–H groups in total. The number of Topliss-reactive ketones (excluding diaryl/α,β-unsaturated/α-hetero) is 2. The summed E-state index contributed by atoms with van der Waals surface area (Å²) in [6.07, 6.45) is 11.9. The molecule has 4 atom stereocenters. The van der Waals surface area contributed by atoms with E-state index in [9.17, 15) is 26.4 Å². The zero-order valence-corrected chi connectivity index (χ0v) is 40.8. The molecule has 2 saturated heterocycles. The summed E-state index contributed by atoms with van der Waals surface area (Å²) in [4.78, 5) is 27.3. The average Bonchev–Trinajstić information content (AvgIpc) is 3.75. The number of allylic oxidation sites excluding steroid dienone is 6. The Morgan fingerprint density at radius 1 is 0.550 bits per heavy atom. The van der Waals surface area contributed by atoms with E-state index in [1.54, 1.807) is 57.1 Å². The Balaban J connectivity index is 0.000000181. The molecule has 8 rings (SSSR count). The number of carbonyl (C=O) groups excluding carboxylic acids is 2. The molecule has 6 fully saturated rings. The molecule has 0 aromatic heterocycles. The first kappa shape index (κ1) is 45.5. The van der Waals surface area contributed by atoms with Gasteiger partial charge < -0.3 is 0 Å². The Morgan fingerprint density at radius 3 is 1.17 bits per heavy atom. The van der Waals surface area contributed by atoms with Crippen molar-refractivity contribution in [2.24, 2.45) is 22.7 Å². The summed E-state index contributed by atoms with van der Waals surface area (Å²) in [5.41, 5.74) is 8.33. The molecule has 12 heteroatoms. The van der Waals surface area contributed by atoms with Crippen LogP contribution in [0.3, 0.4) is 0 Å². The molecule has 0 amide bonds. The van der Waals surface area contributed by atoms with Gasteiger partial charge in [0.15, 0.2) is 11.6 Å². The number of benzene rings is 2. The van der Waals surface area contributed by atoms with E-state index in [-0.39, 0.29) is 34.2 Å². The number of carbonyl (C=O) groups is 2. The van der Waals surface area contributed by atoms with Crippen molar-refractivity contribution >= 4 is 63.5 Å². The van der Waals surface area contributed by atoms with Crippen LogP contribution in [0.5, 0.6) is 0 Å². The van der Waals surface area contributed by atoms with Crippen LogP contribution in [0.4, 0.5) is 0 Å². The van der Waals surface area contributed by atoms with Crippen molar-refractivity contribution in [2.75, 3.05) is 26.2 Å². The largest absolute Gasteiger partial charge is 0.294 e. The lowest BCUT2D eigenvalue weighted by Gasteiger charge is -2.39. The fourth-order valence-electron chi connectivity index (χ4n) is 11.1. The Morgan fingerprint density at radius 2 is 0.867 bits per heavy atom. The third-order valence-corrected chi connectivity index (χ3v) is 18.8. The number of rotatable bonds is 4. The monoisotopic (exact) mass is 982 g/mol. The highest BCUT2D eigenvalue weighted by molar-refractivity contribution is 9.10. The summed E-state index contributed by atoms with van der Waals surface area (Å²) >= 11 is 6.74. The van der Waals surface area contributed by atoms with Crippen LogP contribution in [0.1, 0.15) is 119 Å². The molecule has 8 nitrogen and oxygen atoms in total. The van der Waals surface area contributed by atoms with Gasteiger partial charge in [-0.05, 0) is 150 Å². The quantitative estimate of drug-likeness (QED) is 0.282. The van der Waals surface area contributed by atoms with Gasteiger partial charge in [0.1, 0.15) is 0 Å². The standard InChI is InChI=1S/2C24H30BrNO3S/c2*1-16(2)22-20-14-26(30(28,29)19-11-9-18(25)10-12-19)15-24(20,3)13-21(27)23(22)17-7-5-4-6-8-17/h2*9-12,20H,4-8,13-15H2,1-3H3/t2*20-,24-/m00/s1. The van der Waals surface area contributed by atoms with Crippen molar-refractivity contribution in [3.63, 3.8) is 0 Å². The van der Waals surface area contributed by atoms with E-state index in [2.05, 4.69) is 73.4 Å². The molecule has 2 aromatic rings. The van der Waals surface area contributed by atoms with Gasteiger partial charge >= 0.3 is 0 Å². The van der Waals surface area contributed by atoms with E-state index >= 15 is 0 Å². The molecule has 0 bridgehead atoms. The molecule has 0 spiro atoms. The van der Waals surface area contributed by atoms with E-state index < -0.39 is 20.0 Å². The van der Waals surface area contributed by atoms with Gasteiger partial charge in [0.2, 0.25) is 20.0 Å². The van der Waals surface area contributed by atoms with E-state index in [1.807, 2.05) is 0 Å². The van der Waals surface area contributed by atoms with Gasteiger partial charge in [-0.3, -0.25) is 9.59 Å². The second-order valence-corrected chi connectivity index (χ2v) is 24.7. The molecule has 0 radical (unpaired) electrons. The summed E-state index contributed by atoms with van der Waals surface area (Å²) in [6.45, 7) is 14.2. The third-order valence-electron chi connectivity index (χ3n) is 14.1. The van der Waals surface area contributed by atoms with Crippen LogP contribution < -0.4 is 0 Å². The molecule has 324 valence electrons. The Hall–Kier alpha value is -2.48. The highest BCUT2D eigenvalue weighted by atomic mass is 79.9. The predicted molar refractivity (Wildman–Crippen MR) is 245 cm³/mol. The van der Waals surface area contributed by atoms with Crippen LogP contribution in [0.2, 0.25) is 0 Å². The minimum atomic E-state index is -3.60. The lowest BCUT2D eigenvalue weighted by molar-refractivity contribution is -0.119. The normalized spacial score (nSPS) is 28.1. The fraction of sp³-hybridized carbons (Fsp3) is 0.542. The van der Waals surface area contributed by atoms with Crippen LogP contribution in [0.15, 0.2) is 112 Å². The van der Waals surface area contributed by atoms with Crippen molar-refractivity contribution in [1.82, 2.24) is 8.61 Å². The van der Waals surface area contributed by atoms with E-state index in [4.69, 9.17) is 0 Å². The Labute approximate surface area is 375 Å². The van der Waals surface area contributed by atoms with Crippen molar-refractivity contribution in [3.8, 4) is 0 Å². The number of ketones is 2. The van der Waals surface area contributed by atoms with Crippen molar-refractivity contribution in [2.45, 2.75) is 128 Å². The molecule has 2 aromatic carbocycles. The fourth-order valence-corrected chi connectivity index (χ4v) is 14.8. The van der Waals surface area contributed by atoms with Crippen LogP contribution in [0.25, 0.3) is 0 Å². The maximum Gasteiger partial charge on any atom is 0.243 e. The van der Waals surface area contributed by atoms with Crippen LogP contribution >= 0.6 is 31.9 Å². The first-order chi connectivity index (χ1) is 28.3. The maximum atomic E-state index is 13.4. The SMILES string of the molecule is CC(C)=C1C(=C2CCCCC2)C(=O)C[C@@]2(C)CN(S(=O)(=O)c3ccc(Br)cc3)C[C@@H]12.CC(C)=C1C(=C2CCCCC2)C(=O)C[C@@]2(C)CN(S(=O)(=O)c3ccc(Br)cc3)C[C@@H]12. The summed E-state index contributed by atoms with van der Waals surface area (Å²) < 4.78 is 58.4. The van der Waals surface area contributed by atoms with Gasteiger partial charge in [-0.1, -0.05) is 80.8 Å². The third kappa shape index (κ3) is 8.73. The van der Waals surface area contributed by atoms with Crippen molar-refractivity contribution in [1.29, 1.82) is 0 Å². The average molecular weight is 985 g/mol. The molecular formula is C48H60Br2N2O6S2. The lowest BCUT2D eigenvalue weighted by atomic mass is 9.62. The van der Waals surface area contributed by atoms with Gasteiger partial charge in [0.05, 0.1) is 9.79 Å². The Bertz CT molecular complexity index is 2220. The van der Waals surface area contributed by atoms with Gasteiger partial charge in [-0.25, -0.2) is 16.8 Å². The minimum Gasteiger partial charge on any atom is -0.294 e. The van der Waals surface area contributed by atoms with Crippen molar-refractivity contribution in [3.05, 3.63) is 102 Å². The second-order valence-electron chi connectivity index (χ2n) is 19.0. The lowest BCUT2D eigenvalue weighted by Crippen LogP contribution is -2.38. The van der Waals surface area contributed by atoms with E-state index in [0.29, 0.717) is 48.8 Å². The number of fused-ring (bicyclic) bond motifs is 2. The molecule has 60 heavy (non-hydrogen) atoms. The van der Waals surface area contributed by atoms with E-state index in [1.165, 1.54) is 24.0 Å². The molecule has 2 aliphatic heterocycles. The topological polar surface area (TPSA) is 109 Å². The van der Waals surface area contributed by atoms with Gasteiger partial charge in [0.25, 0.3) is 0 Å². The van der Waals surface area contributed by atoms with Gasteiger partial charge in [-0.15, -0.1) is 0 Å². The number of halogens is 2. The smallest absolute Gasteiger partial charge is 0.243 e. The predicted octanol–water partition coefficient (Wildman–Crippen LogP) is 11.3. The summed E-state index contributed by atoms with van der Waals surface area (Å²) in [7, 11) is -7.20. The molecule has 4 saturated carbocycles. The second kappa shape index (κ2) is 17.6. The number of sulfonamides is 2. The number of hydrogen-bond acceptors (Lipinski definition) is 6. The maximum absolute atomic E-state index is 13.4. The van der Waals surface area contributed by atoms with Gasteiger partial charge in [0, 0.05) is 70.9 Å². The van der Waals surface area contributed by atoms with Crippen LogP contribution in [-0.4, -0.2) is 63.2 Å². The summed E-state index contributed by atoms with van der Waals surface area (Å²) in [5.74, 6) is 0.555. The zero-order chi connectivity index (χ0) is 43.4. The molecular weight excluding hydrogens is 924 g/mol. The van der Waals surface area contributed by atoms with Crippen molar-refractivity contribution < 1.29 is 26.4 Å². The first-order valence-corrected chi connectivity index (χ1v) is 26.1. The molecule has 4 aliphatic carbocycles. The first-order valence-electron chi connectivity index (χ1n) is 21.6. The molecule has 6 aliphatic rings. The van der Waals surface area contributed by atoms with Crippen LogP contribution in [0, 0.1) is 22.7 Å². The van der Waals surface area contributed by atoms with Gasteiger partial charge in [-0.2, -0.15) is 8.61 Å². The Kier molecular flexibility index (Phi) is 13.4. The minimum absolute atomic E-state index is 0.0647. The number of hydrogen-bond donors (Lipinski definition) is 0. The summed E-state index contributed by atoms with van der Waals surface area (Å²) in [6, 6.07) is 13.6. The summed E-state index contributed by atoms with van der Waals surface area (Å²) in [5, 5.41) is 0. The highest BCUT2D eigenvalue weighted by Crippen LogP contribution is 2.54. The van der Waals surface area contributed by atoms with E-state index in [0.717, 1.165) is 93.8 Å². The number of nitrogens with zero attached hydrogens (tertiary/aromatic N) is 2. The molecule has 2 heterocycles.